The molecule has 3 N–H and O–H groups in total. The number of carbonyl (C=O) groups is 2. The van der Waals surface area contributed by atoms with Gasteiger partial charge < -0.3 is 15.7 Å². The Labute approximate surface area is 132 Å². The Bertz CT molecular complexity index is 842. The zero-order valence-corrected chi connectivity index (χ0v) is 13.2. The predicted octanol–water partition coefficient (Wildman–Crippen LogP) is -0.124. The van der Waals surface area contributed by atoms with Crippen LogP contribution in [0.3, 0.4) is 0 Å². The number of β-lactam (4-membered cyclic amide) rings is 1. The van der Waals surface area contributed by atoms with Crippen molar-refractivity contribution < 1.29 is 23.1 Å². The molecule has 0 spiro atoms. The molecule has 0 unspecified atom stereocenters. The lowest BCUT2D eigenvalue weighted by atomic mass is 9.95. The first kappa shape index (κ1) is 15.5. The zero-order valence-electron chi connectivity index (χ0n) is 12.4. The lowest BCUT2D eigenvalue weighted by molar-refractivity contribution is -0.152. The number of hydrogen-bond donors (Lipinski definition) is 2. The Morgan fingerprint density at radius 3 is 2.61 bits per heavy atom. The number of aromatic nitrogens is 1. The SMILES string of the molecule is CC1(C)[C@H](C(=O)O)N2C(=O)/C(=C/c3ccc(N)cn3)[C@H]2S1(=O)=O. The second-order valence-electron chi connectivity index (χ2n) is 6.07. The van der Waals surface area contributed by atoms with E-state index in [1.165, 1.54) is 26.1 Å². The highest BCUT2D eigenvalue weighted by atomic mass is 32.2. The molecule has 1 aromatic heterocycles. The van der Waals surface area contributed by atoms with Gasteiger partial charge in [-0.15, -0.1) is 0 Å². The standard InChI is InChI=1S/C14H15N3O5S/c1-14(2)10(13(19)20)17-11(18)9(12(17)23(14,21)22)5-8-4-3-7(15)6-16-8/h3-6,10,12H,15H2,1-2H3,(H,19,20)/b9-5-/t10-,12+/m0/s1. The monoisotopic (exact) mass is 337 g/mol. The van der Waals surface area contributed by atoms with Crippen LogP contribution in [0.2, 0.25) is 0 Å². The fourth-order valence-electron chi connectivity index (χ4n) is 3.00. The van der Waals surface area contributed by atoms with Gasteiger partial charge in [-0.3, -0.25) is 9.78 Å². The fraction of sp³-hybridized carbons (Fsp3) is 0.357. The highest BCUT2D eigenvalue weighted by Gasteiger charge is 2.70. The second kappa shape index (κ2) is 4.54. The number of carboxylic acids is 1. The van der Waals surface area contributed by atoms with E-state index in [-0.39, 0.29) is 5.57 Å². The Hall–Kier alpha value is -2.42. The summed E-state index contributed by atoms with van der Waals surface area (Å²) in [6.07, 6.45) is 2.75. The molecule has 3 heterocycles. The lowest BCUT2D eigenvalue weighted by Crippen LogP contribution is -2.58. The molecule has 0 aromatic carbocycles. The number of carbonyl (C=O) groups excluding carboxylic acids is 1. The quantitative estimate of drug-likeness (QED) is 0.568. The number of fused-ring (bicyclic) bond motifs is 1. The van der Waals surface area contributed by atoms with E-state index in [9.17, 15) is 23.1 Å². The minimum atomic E-state index is -3.87. The lowest BCUT2D eigenvalue weighted by Gasteiger charge is -2.37. The molecule has 2 saturated heterocycles. The number of pyridine rings is 1. The molecule has 2 fully saturated rings. The Morgan fingerprint density at radius 2 is 2.09 bits per heavy atom. The van der Waals surface area contributed by atoms with Gasteiger partial charge in [-0.2, -0.15) is 0 Å². The molecule has 0 saturated carbocycles. The number of sulfone groups is 1. The van der Waals surface area contributed by atoms with Gasteiger partial charge >= 0.3 is 5.97 Å². The van der Waals surface area contributed by atoms with Crippen molar-refractivity contribution in [2.24, 2.45) is 0 Å². The molecule has 23 heavy (non-hydrogen) atoms. The average Bonchev–Trinajstić information content (AvgIpc) is 2.60. The molecule has 1 aromatic rings. The van der Waals surface area contributed by atoms with Crippen molar-refractivity contribution in [3.8, 4) is 0 Å². The molecule has 122 valence electrons. The van der Waals surface area contributed by atoms with E-state index in [4.69, 9.17) is 5.73 Å². The van der Waals surface area contributed by atoms with Crippen LogP contribution in [0.5, 0.6) is 0 Å². The van der Waals surface area contributed by atoms with Gasteiger partial charge in [-0.1, -0.05) is 0 Å². The molecule has 3 rings (SSSR count). The van der Waals surface area contributed by atoms with Crippen LogP contribution in [0.15, 0.2) is 23.9 Å². The summed E-state index contributed by atoms with van der Waals surface area (Å²) in [7, 11) is -3.87. The molecule has 2 atom stereocenters. The van der Waals surface area contributed by atoms with Gasteiger partial charge in [0.05, 0.1) is 23.2 Å². The third-order valence-corrected chi connectivity index (χ3v) is 7.07. The highest BCUT2D eigenvalue weighted by Crippen LogP contribution is 2.48. The van der Waals surface area contributed by atoms with E-state index in [1.807, 2.05) is 0 Å². The minimum absolute atomic E-state index is 0.0269. The number of rotatable bonds is 2. The van der Waals surface area contributed by atoms with Crippen LogP contribution in [0.4, 0.5) is 5.69 Å². The van der Waals surface area contributed by atoms with Gasteiger partial charge in [0, 0.05) is 0 Å². The molecule has 2 aliphatic rings. The maximum atomic E-state index is 12.7. The van der Waals surface area contributed by atoms with Crippen molar-refractivity contribution in [3.05, 3.63) is 29.6 Å². The topological polar surface area (TPSA) is 131 Å². The smallest absolute Gasteiger partial charge is 0.328 e. The first-order valence-electron chi connectivity index (χ1n) is 6.81. The molecule has 0 radical (unpaired) electrons. The Balaban J connectivity index is 2.08. The molecule has 9 heteroatoms. The largest absolute Gasteiger partial charge is 0.480 e. The maximum absolute atomic E-state index is 12.7. The number of amides is 1. The maximum Gasteiger partial charge on any atom is 0.328 e. The first-order valence-corrected chi connectivity index (χ1v) is 8.35. The van der Waals surface area contributed by atoms with E-state index >= 15 is 0 Å². The number of nitrogens with two attached hydrogens (primary N) is 1. The summed E-state index contributed by atoms with van der Waals surface area (Å²) in [6.45, 7) is 2.65. The van der Waals surface area contributed by atoms with Crippen LogP contribution in [-0.2, 0) is 19.4 Å². The number of nitrogens with zero attached hydrogens (tertiary/aromatic N) is 2. The van der Waals surface area contributed by atoms with E-state index in [2.05, 4.69) is 4.98 Å². The van der Waals surface area contributed by atoms with Gasteiger partial charge in [-0.05, 0) is 32.1 Å². The van der Waals surface area contributed by atoms with Crippen LogP contribution in [0.1, 0.15) is 19.5 Å². The fourth-order valence-corrected chi connectivity index (χ4v) is 5.12. The van der Waals surface area contributed by atoms with Crippen molar-refractivity contribution in [1.82, 2.24) is 9.88 Å². The van der Waals surface area contributed by atoms with Crippen LogP contribution >= 0.6 is 0 Å². The van der Waals surface area contributed by atoms with Crippen LogP contribution in [-0.4, -0.2) is 51.4 Å². The molecular weight excluding hydrogens is 322 g/mol. The van der Waals surface area contributed by atoms with Crippen molar-refractivity contribution in [2.75, 3.05) is 5.73 Å². The number of nitrogen functional groups attached to an aromatic ring is 1. The molecule has 1 amide bonds. The number of aliphatic carboxylic acids is 1. The summed E-state index contributed by atoms with van der Waals surface area (Å²) in [5.41, 5.74) is 6.38. The molecule has 8 nitrogen and oxygen atoms in total. The third-order valence-electron chi connectivity index (χ3n) is 4.31. The first-order chi connectivity index (χ1) is 10.6. The summed E-state index contributed by atoms with van der Waals surface area (Å²) in [4.78, 5) is 28.6. The molecule has 2 aliphatic heterocycles. The van der Waals surface area contributed by atoms with Crippen LogP contribution in [0.25, 0.3) is 6.08 Å². The van der Waals surface area contributed by atoms with E-state index in [0.717, 1.165) is 4.90 Å². The van der Waals surface area contributed by atoms with E-state index in [1.54, 1.807) is 12.1 Å². The van der Waals surface area contributed by atoms with Gasteiger partial charge in [0.1, 0.15) is 4.75 Å². The number of anilines is 1. The van der Waals surface area contributed by atoms with E-state index < -0.39 is 37.9 Å². The van der Waals surface area contributed by atoms with Gasteiger partial charge in [0.2, 0.25) is 0 Å². The Kier molecular flexibility index (Phi) is 3.06. The van der Waals surface area contributed by atoms with Crippen molar-refractivity contribution in [3.63, 3.8) is 0 Å². The Morgan fingerprint density at radius 1 is 1.43 bits per heavy atom. The molecule has 0 bridgehead atoms. The van der Waals surface area contributed by atoms with Crippen LogP contribution < -0.4 is 5.73 Å². The summed E-state index contributed by atoms with van der Waals surface area (Å²) in [5.74, 6) is -1.94. The number of hydrogen-bond acceptors (Lipinski definition) is 6. The summed E-state index contributed by atoms with van der Waals surface area (Å²) in [5, 5.41) is 8.08. The third kappa shape index (κ3) is 1.89. The normalized spacial score (nSPS) is 29.2. The molecular formula is C14H15N3O5S. The summed E-state index contributed by atoms with van der Waals surface area (Å²) < 4.78 is 23.7. The van der Waals surface area contributed by atoms with Gasteiger partial charge in [0.25, 0.3) is 5.91 Å². The average molecular weight is 337 g/mol. The van der Waals surface area contributed by atoms with Crippen LogP contribution in [0, 0.1) is 0 Å². The second-order valence-corrected chi connectivity index (χ2v) is 8.66. The molecule has 0 aliphatic carbocycles. The number of carboxylic acid groups (broad SMARTS) is 1. The summed E-state index contributed by atoms with van der Waals surface area (Å²) in [6, 6.07) is 1.73. The minimum Gasteiger partial charge on any atom is -0.480 e. The predicted molar refractivity (Wildman–Crippen MR) is 81.7 cm³/mol. The van der Waals surface area contributed by atoms with Crippen molar-refractivity contribution in [2.45, 2.75) is 30.0 Å². The van der Waals surface area contributed by atoms with Gasteiger partial charge in [-0.25, -0.2) is 13.2 Å². The van der Waals surface area contributed by atoms with Gasteiger partial charge in [0.15, 0.2) is 21.3 Å². The highest BCUT2D eigenvalue weighted by molar-refractivity contribution is 7.94. The van der Waals surface area contributed by atoms with Crippen molar-refractivity contribution in [1.29, 1.82) is 0 Å². The van der Waals surface area contributed by atoms with E-state index in [0.29, 0.717) is 11.4 Å². The zero-order chi connectivity index (χ0) is 17.2. The van der Waals surface area contributed by atoms with Crippen molar-refractivity contribution >= 4 is 33.5 Å². The summed E-state index contributed by atoms with van der Waals surface area (Å²) >= 11 is 0.